The first kappa shape index (κ1) is 40.7. The normalized spacial score (nSPS) is 11.2. The summed E-state index contributed by atoms with van der Waals surface area (Å²) in [6.45, 7) is 12.0. The first-order valence-electron chi connectivity index (χ1n) is 15.1. The maximum absolute atomic E-state index is 10.6. The van der Waals surface area contributed by atoms with E-state index in [1.54, 1.807) is 0 Å². The maximum atomic E-state index is 10.6. The van der Waals surface area contributed by atoms with Gasteiger partial charge in [-0.2, -0.15) is 0 Å². The molecule has 0 aromatic carbocycles. The van der Waals surface area contributed by atoms with E-state index in [2.05, 4.69) is 13.8 Å². The van der Waals surface area contributed by atoms with Crippen LogP contribution in [0.1, 0.15) is 111 Å². The van der Waals surface area contributed by atoms with Crippen molar-refractivity contribution >= 4 is 43.7 Å². The number of rotatable bonds is 31. The summed E-state index contributed by atoms with van der Waals surface area (Å²) in [5, 5.41) is 0. The number of unbranched alkanes of at least 4 members (excludes halogenated alkanes) is 12. The van der Waals surface area contributed by atoms with Crippen LogP contribution in [-0.2, 0) is 33.2 Å². The van der Waals surface area contributed by atoms with Crippen LogP contribution < -0.4 is 0 Å². The standard InChI is InChI=1S/C30H60O7.Ca.2H/c1-29(2)17-15-13-11-9-7-5-4-6-8-10-12-14-16-18-32-19-20-33-21-22-34-23-24-35-25-26-36-27-28-37-30(3)31;;;/h29H,4-28H2,1-3H3;;;. The summed E-state index contributed by atoms with van der Waals surface area (Å²) < 4.78 is 32.1. The molecule has 0 rings (SSSR count). The van der Waals surface area contributed by atoms with Crippen molar-refractivity contribution in [1.82, 2.24) is 0 Å². The van der Waals surface area contributed by atoms with Crippen molar-refractivity contribution < 1.29 is 33.2 Å². The fourth-order valence-corrected chi connectivity index (χ4v) is 3.93. The summed E-state index contributed by atoms with van der Waals surface area (Å²) in [6.07, 6.45) is 19.3. The zero-order chi connectivity index (χ0) is 27.1. The molecule has 0 aliphatic heterocycles. The van der Waals surface area contributed by atoms with E-state index in [4.69, 9.17) is 28.4 Å². The molecule has 0 aliphatic rings. The van der Waals surface area contributed by atoms with Crippen LogP contribution in [0.4, 0.5) is 0 Å². The topological polar surface area (TPSA) is 72.5 Å². The molecule has 0 aromatic rings. The third-order valence-corrected chi connectivity index (χ3v) is 6.09. The first-order valence-corrected chi connectivity index (χ1v) is 15.1. The van der Waals surface area contributed by atoms with Crippen LogP contribution in [0, 0.1) is 5.92 Å². The summed E-state index contributed by atoms with van der Waals surface area (Å²) in [7, 11) is 0. The quantitative estimate of drug-likeness (QED) is 0.0586. The summed E-state index contributed by atoms with van der Waals surface area (Å²) >= 11 is 0. The van der Waals surface area contributed by atoms with E-state index in [-0.39, 0.29) is 50.3 Å². The van der Waals surface area contributed by atoms with Crippen LogP contribution in [-0.4, -0.2) is 116 Å². The Morgan fingerprint density at radius 3 is 1.08 bits per heavy atom. The van der Waals surface area contributed by atoms with Gasteiger partial charge in [0, 0.05) is 13.5 Å². The molecule has 7 nitrogen and oxygen atoms in total. The Bertz CT molecular complexity index is 452. The third-order valence-electron chi connectivity index (χ3n) is 6.09. The SMILES string of the molecule is CC(=O)OCCOCCOCCOCCOCCOCCCCCCCCCCCCCCCC(C)C.[CaH2]. The van der Waals surface area contributed by atoms with Crippen LogP contribution in [0.25, 0.3) is 0 Å². The molecular formula is C30H62CaO7. The number of ether oxygens (including phenoxy) is 6. The number of esters is 1. The van der Waals surface area contributed by atoms with E-state index in [9.17, 15) is 4.79 Å². The van der Waals surface area contributed by atoms with Crippen LogP contribution in [0.5, 0.6) is 0 Å². The van der Waals surface area contributed by atoms with Gasteiger partial charge in [-0.05, 0) is 12.3 Å². The molecule has 0 fully saturated rings. The number of hydrogen-bond donors (Lipinski definition) is 0. The molecule has 0 unspecified atom stereocenters. The molecule has 0 heterocycles. The van der Waals surface area contributed by atoms with E-state index in [0.717, 1.165) is 18.9 Å². The molecule has 0 radical (unpaired) electrons. The molecular weight excluding hydrogens is 512 g/mol. The van der Waals surface area contributed by atoms with Gasteiger partial charge in [-0.1, -0.05) is 97.3 Å². The summed E-state index contributed by atoms with van der Waals surface area (Å²) in [6, 6.07) is 0. The average molecular weight is 575 g/mol. The molecule has 226 valence electrons. The zero-order valence-electron chi connectivity index (χ0n) is 24.6. The predicted octanol–water partition coefficient (Wildman–Crippen LogP) is 5.83. The van der Waals surface area contributed by atoms with Gasteiger partial charge in [-0.15, -0.1) is 0 Å². The van der Waals surface area contributed by atoms with Gasteiger partial charge in [0.05, 0.1) is 59.5 Å². The summed E-state index contributed by atoms with van der Waals surface area (Å²) in [5.41, 5.74) is 0. The molecule has 0 spiro atoms. The number of carbonyl (C=O) groups is 1. The molecule has 0 bridgehead atoms. The van der Waals surface area contributed by atoms with Gasteiger partial charge >= 0.3 is 43.7 Å². The molecule has 0 atom stereocenters. The van der Waals surface area contributed by atoms with Gasteiger partial charge in [0.2, 0.25) is 0 Å². The molecule has 0 saturated carbocycles. The van der Waals surface area contributed by atoms with Crippen LogP contribution in [0.15, 0.2) is 0 Å². The molecule has 0 aliphatic carbocycles. The van der Waals surface area contributed by atoms with Gasteiger partial charge in [-0.3, -0.25) is 4.79 Å². The van der Waals surface area contributed by atoms with Gasteiger partial charge in [0.15, 0.2) is 0 Å². The molecule has 0 aromatic heterocycles. The second-order valence-electron chi connectivity index (χ2n) is 10.2. The number of carbonyl (C=O) groups excluding carboxylic acids is 1. The Labute approximate surface area is 264 Å². The molecule has 0 saturated heterocycles. The predicted molar refractivity (Wildman–Crippen MR) is 159 cm³/mol. The molecule has 38 heavy (non-hydrogen) atoms. The van der Waals surface area contributed by atoms with Gasteiger partial charge in [0.25, 0.3) is 0 Å². The van der Waals surface area contributed by atoms with Crippen molar-refractivity contribution in [3.8, 4) is 0 Å². The minimum atomic E-state index is -0.293. The van der Waals surface area contributed by atoms with Crippen molar-refractivity contribution in [2.45, 2.75) is 111 Å². The Balaban J connectivity index is 0. The van der Waals surface area contributed by atoms with Crippen molar-refractivity contribution in [3.63, 3.8) is 0 Å². The Hall–Kier alpha value is 0.530. The summed E-state index contributed by atoms with van der Waals surface area (Å²) in [4.78, 5) is 10.6. The van der Waals surface area contributed by atoms with Crippen molar-refractivity contribution in [3.05, 3.63) is 0 Å². The second-order valence-corrected chi connectivity index (χ2v) is 10.2. The van der Waals surface area contributed by atoms with Crippen LogP contribution in [0.3, 0.4) is 0 Å². The van der Waals surface area contributed by atoms with Gasteiger partial charge < -0.3 is 28.4 Å². The number of hydrogen-bond acceptors (Lipinski definition) is 7. The molecule has 0 N–H and O–H groups in total. The van der Waals surface area contributed by atoms with Crippen LogP contribution in [0.2, 0.25) is 0 Å². The van der Waals surface area contributed by atoms with E-state index in [1.807, 2.05) is 0 Å². The van der Waals surface area contributed by atoms with Crippen molar-refractivity contribution in [2.24, 2.45) is 5.92 Å². The monoisotopic (exact) mass is 574 g/mol. The fraction of sp³-hybridized carbons (Fsp3) is 0.967. The molecule has 0 amide bonds. The van der Waals surface area contributed by atoms with E-state index in [0.29, 0.717) is 59.5 Å². The van der Waals surface area contributed by atoms with E-state index in [1.165, 1.54) is 90.4 Å². The third kappa shape index (κ3) is 38.7. The Morgan fingerprint density at radius 2 is 0.737 bits per heavy atom. The zero-order valence-corrected chi connectivity index (χ0v) is 24.6. The van der Waals surface area contributed by atoms with E-state index >= 15 is 0 Å². The first-order chi connectivity index (χ1) is 18.1. The molecule has 8 heteroatoms. The fourth-order valence-electron chi connectivity index (χ4n) is 3.93. The Morgan fingerprint density at radius 1 is 0.447 bits per heavy atom. The minimum absolute atomic E-state index is 0. The average Bonchev–Trinajstić information content (AvgIpc) is 2.87. The van der Waals surface area contributed by atoms with Gasteiger partial charge in [-0.25, -0.2) is 0 Å². The van der Waals surface area contributed by atoms with E-state index < -0.39 is 0 Å². The van der Waals surface area contributed by atoms with Crippen molar-refractivity contribution in [1.29, 1.82) is 0 Å². The summed E-state index contributed by atoms with van der Waals surface area (Å²) in [5.74, 6) is 0.576. The van der Waals surface area contributed by atoms with Gasteiger partial charge in [0.1, 0.15) is 6.61 Å². The van der Waals surface area contributed by atoms with Crippen LogP contribution >= 0.6 is 0 Å². The second kappa shape index (κ2) is 35.6. The van der Waals surface area contributed by atoms with Crippen molar-refractivity contribution in [2.75, 3.05) is 72.7 Å². The Kier molecular flexibility index (Phi) is 38.1.